The molecule has 0 saturated carbocycles. The molecule has 0 spiro atoms. The summed E-state index contributed by atoms with van der Waals surface area (Å²) in [6.45, 7) is 2.05. The molecule has 0 amide bonds. The van der Waals surface area contributed by atoms with Gasteiger partial charge in [-0.25, -0.2) is 0 Å². The Bertz CT molecular complexity index is 446. The van der Waals surface area contributed by atoms with Crippen LogP contribution in [0.2, 0.25) is 0 Å². The van der Waals surface area contributed by atoms with E-state index >= 15 is 0 Å². The molecule has 0 nitrogen and oxygen atoms in total. The Kier molecular flexibility index (Phi) is 2.69. The molecule has 68 valence electrons. The molecule has 2 rings (SSSR count). The number of halogens is 1. The Morgan fingerprint density at radius 3 is 2.79 bits per heavy atom. The van der Waals surface area contributed by atoms with Gasteiger partial charge >= 0.3 is 0 Å². The van der Waals surface area contributed by atoms with E-state index in [9.17, 15) is 0 Å². The molecule has 14 heavy (non-hydrogen) atoms. The molecule has 0 aromatic heterocycles. The van der Waals surface area contributed by atoms with Crippen LogP contribution in [-0.4, -0.2) is 0 Å². The van der Waals surface area contributed by atoms with Crippen molar-refractivity contribution in [2.45, 2.75) is 6.92 Å². The lowest BCUT2D eigenvalue weighted by molar-refractivity contribution is 1.45. The lowest BCUT2D eigenvalue weighted by atomic mass is 10.0. The fourth-order valence-electron chi connectivity index (χ4n) is 1.40. The summed E-state index contributed by atoms with van der Waals surface area (Å²) < 4.78 is 1.07. The van der Waals surface area contributed by atoms with Gasteiger partial charge in [0.05, 0.1) is 0 Å². The molecule has 0 bridgehead atoms. The van der Waals surface area contributed by atoms with Crippen LogP contribution in [0.5, 0.6) is 0 Å². The average Bonchev–Trinajstić information content (AvgIpc) is 2.18. The van der Waals surface area contributed by atoms with Gasteiger partial charge in [-0.15, -0.1) is 0 Å². The molecule has 1 heteroatoms. The Balaban J connectivity index is 2.55. The third-order valence-corrected chi connectivity index (χ3v) is 2.73. The van der Waals surface area contributed by atoms with E-state index in [0.717, 1.165) is 10.0 Å². The van der Waals surface area contributed by atoms with E-state index in [0.29, 0.717) is 0 Å². The van der Waals surface area contributed by atoms with Crippen molar-refractivity contribution in [2.75, 3.05) is 0 Å². The van der Waals surface area contributed by atoms with E-state index in [-0.39, 0.29) is 0 Å². The number of hydrogen-bond acceptors (Lipinski definition) is 0. The van der Waals surface area contributed by atoms with Gasteiger partial charge in [0, 0.05) is 4.47 Å². The monoisotopic (exact) mass is 244 g/mol. The molecule has 0 saturated heterocycles. The topological polar surface area (TPSA) is 0 Å². The Morgan fingerprint density at radius 2 is 2.07 bits per heavy atom. The first-order valence-electron chi connectivity index (χ1n) is 4.42. The van der Waals surface area contributed by atoms with Crippen LogP contribution in [0.3, 0.4) is 0 Å². The number of benzene rings is 2. The molecular formula is C13H9Br. The molecule has 0 fully saturated rings. The van der Waals surface area contributed by atoms with E-state index in [1.54, 1.807) is 0 Å². The summed E-state index contributed by atoms with van der Waals surface area (Å²) >= 11 is 3.52. The van der Waals surface area contributed by atoms with Crippen LogP contribution >= 0.6 is 15.9 Å². The van der Waals surface area contributed by atoms with E-state index < -0.39 is 0 Å². The molecular weight excluding hydrogens is 236 g/mol. The molecule has 0 N–H and O–H groups in total. The van der Waals surface area contributed by atoms with Crippen LogP contribution in [0.15, 0.2) is 40.9 Å². The smallest absolute Gasteiger partial charge is 0.0259 e. The molecule has 0 unspecified atom stereocenters. The highest BCUT2D eigenvalue weighted by Crippen LogP contribution is 2.27. The highest BCUT2D eigenvalue weighted by molar-refractivity contribution is 9.10. The standard InChI is InChI=1S/C13H9Br/c1-10-5-4-6-11(9-10)12-7-2-3-8-13(12)14/h2,4,6-9H,1H3. The molecule has 2 aromatic rings. The summed E-state index contributed by atoms with van der Waals surface area (Å²) in [5, 5.41) is 0. The van der Waals surface area contributed by atoms with Gasteiger partial charge in [-0.1, -0.05) is 46.3 Å². The summed E-state index contributed by atoms with van der Waals surface area (Å²) in [5.74, 6) is 0. The zero-order valence-corrected chi connectivity index (χ0v) is 9.43. The Morgan fingerprint density at radius 1 is 1.21 bits per heavy atom. The van der Waals surface area contributed by atoms with Crippen molar-refractivity contribution >= 4 is 15.9 Å². The summed E-state index contributed by atoms with van der Waals surface area (Å²) in [4.78, 5) is 0. The van der Waals surface area contributed by atoms with Crippen LogP contribution in [-0.2, 0) is 0 Å². The predicted molar refractivity (Wildman–Crippen MR) is 62.0 cm³/mol. The molecule has 2 radical (unpaired) electrons. The first-order chi connectivity index (χ1) is 6.77. The second-order valence-electron chi connectivity index (χ2n) is 3.17. The normalized spacial score (nSPS) is 10.1. The minimum Gasteiger partial charge on any atom is -0.0537 e. The number of aryl methyl sites for hydroxylation is 1. The Labute approximate surface area is 92.7 Å². The van der Waals surface area contributed by atoms with Crippen LogP contribution in [0, 0.1) is 19.1 Å². The van der Waals surface area contributed by atoms with E-state index in [2.05, 4.69) is 46.3 Å². The molecule has 0 heterocycles. The third-order valence-electron chi connectivity index (χ3n) is 2.07. The fraction of sp³-hybridized carbons (Fsp3) is 0.0769. The van der Waals surface area contributed by atoms with E-state index in [1.807, 2.05) is 25.1 Å². The third kappa shape index (κ3) is 1.88. The molecule has 0 aliphatic heterocycles. The second-order valence-corrected chi connectivity index (χ2v) is 4.02. The molecule has 2 aromatic carbocycles. The second kappa shape index (κ2) is 3.97. The Hall–Kier alpha value is -1.08. The van der Waals surface area contributed by atoms with Gasteiger partial charge in [0.15, 0.2) is 0 Å². The first-order valence-corrected chi connectivity index (χ1v) is 5.21. The first kappa shape index (κ1) is 9.47. The van der Waals surface area contributed by atoms with Crippen LogP contribution in [0.1, 0.15) is 5.56 Å². The maximum Gasteiger partial charge on any atom is 0.0259 e. The average molecular weight is 245 g/mol. The quantitative estimate of drug-likeness (QED) is 0.711. The summed E-state index contributed by atoms with van der Waals surface area (Å²) in [6.07, 6.45) is 0. The van der Waals surface area contributed by atoms with Crippen molar-refractivity contribution in [2.24, 2.45) is 0 Å². The van der Waals surface area contributed by atoms with Crippen molar-refractivity contribution in [3.05, 3.63) is 58.6 Å². The largest absolute Gasteiger partial charge is 0.0537 e. The maximum absolute atomic E-state index is 3.52. The number of rotatable bonds is 1. The zero-order chi connectivity index (χ0) is 9.97. The summed E-state index contributed by atoms with van der Waals surface area (Å²) in [7, 11) is 0. The maximum atomic E-state index is 3.52. The highest BCUT2D eigenvalue weighted by atomic mass is 79.9. The minimum absolute atomic E-state index is 1.07. The van der Waals surface area contributed by atoms with Gasteiger partial charge in [-0.3, -0.25) is 0 Å². The van der Waals surface area contributed by atoms with Crippen molar-refractivity contribution in [1.82, 2.24) is 0 Å². The lowest BCUT2D eigenvalue weighted by Gasteiger charge is -2.04. The summed E-state index contributed by atoms with van der Waals surface area (Å²) in [6, 6.07) is 18.2. The van der Waals surface area contributed by atoms with Crippen LogP contribution in [0.25, 0.3) is 11.1 Å². The molecule has 0 atom stereocenters. The molecule has 0 aliphatic carbocycles. The lowest BCUT2D eigenvalue weighted by Crippen LogP contribution is -1.80. The molecule has 0 aliphatic rings. The van der Waals surface area contributed by atoms with Gasteiger partial charge in [-0.05, 0) is 41.8 Å². The van der Waals surface area contributed by atoms with E-state index in [4.69, 9.17) is 0 Å². The van der Waals surface area contributed by atoms with Crippen molar-refractivity contribution < 1.29 is 0 Å². The van der Waals surface area contributed by atoms with E-state index in [1.165, 1.54) is 11.1 Å². The predicted octanol–water partition coefficient (Wildman–Crippen LogP) is 4.02. The summed E-state index contributed by atoms with van der Waals surface area (Å²) in [5.41, 5.74) is 3.56. The fourth-order valence-corrected chi connectivity index (χ4v) is 1.89. The highest BCUT2D eigenvalue weighted by Gasteiger charge is 2.01. The van der Waals surface area contributed by atoms with Crippen molar-refractivity contribution in [3.8, 4) is 11.1 Å². The van der Waals surface area contributed by atoms with Crippen LogP contribution < -0.4 is 0 Å². The van der Waals surface area contributed by atoms with Crippen molar-refractivity contribution in [1.29, 1.82) is 0 Å². The minimum atomic E-state index is 1.07. The van der Waals surface area contributed by atoms with Gasteiger partial charge in [-0.2, -0.15) is 0 Å². The van der Waals surface area contributed by atoms with Gasteiger partial charge in [0.1, 0.15) is 0 Å². The van der Waals surface area contributed by atoms with Gasteiger partial charge in [0.2, 0.25) is 0 Å². The van der Waals surface area contributed by atoms with Gasteiger partial charge in [0.25, 0.3) is 0 Å². The SMILES string of the molecule is Cc1[c]ccc(-c2cc[c]cc2Br)c1. The van der Waals surface area contributed by atoms with Crippen molar-refractivity contribution in [3.63, 3.8) is 0 Å². The zero-order valence-electron chi connectivity index (χ0n) is 7.84. The number of hydrogen-bond donors (Lipinski definition) is 0. The van der Waals surface area contributed by atoms with Crippen LogP contribution in [0.4, 0.5) is 0 Å². The van der Waals surface area contributed by atoms with Gasteiger partial charge < -0.3 is 0 Å².